The van der Waals surface area contributed by atoms with E-state index in [1.807, 2.05) is 0 Å². The molecule has 0 nitrogen and oxygen atoms in total. The van der Waals surface area contributed by atoms with Crippen molar-refractivity contribution in [3.63, 3.8) is 0 Å². The fourth-order valence-corrected chi connectivity index (χ4v) is 2.21. The summed E-state index contributed by atoms with van der Waals surface area (Å²) in [6.45, 7) is 2.07. The Kier molecular flexibility index (Phi) is 2.18. The lowest BCUT2D eigenvalue weighted by Gasteiger charge is -2.05. The molecular weight excluding hydrogens is 191 g/mol. The molecule has 3 rings (SSSR count). The fraction of sp³-hybridized carbons (Fsp3) is 0.0667. The summed E-state index contributed by atoms with van der Waals surface area (Å²) in [6.07, 6.45) is 0. The first kappa shape index (κ1) is 9.47. The van der Waals surface area contributed by atoms with Gasteiger partial charge in [-0.3, -0.25) is 0 Å². The first-order valence-electron chi connectivity index (χ1n) is 5.59. The van der Waals surface area contributed by atoms with E-state index in [0.717, 1.165) is 0 Å². The fourth-order valence-electron chi connectivity index (χ4n) is 2.21. The minimum Gasteiger partial charge on any atom is -0.0875 e. The third-order valence-electron chi connectivity index (χ3n) is 3.10. The molecule has 0 aliphatic rings. The lowest BCUT2D eigenvalue weighted by molar-refractivity contribution is 1.78. The minimum atomic E-state index is 1.28. The SMILES string of the molecule is C[B]c1ccc2c(ccc3ccccc32)c1. The second-order valence-corrected chi connectivity index (χ2v) is 4.06. The van der Waals surface area contributed by atoms with Crippen molar-refractivity contribution in [1.82, 2.24) is 0 Å². The molecule has 0 aliphatic heterocycles. The molecule has 1 heteroatoms. The third kappa shape index (κ3) is 1.40. The number of hydrogen-bond donors (Lipinski definition) is 0. The van der Waals surface area contributed by atoms with E-state index in [9.17, 15) is 0 Å². The van der Waals surface area contributed by atoms with Crippen molar-refractivity contribution in [1.29, 1.82) is 0 Å². The summed E-state index contributed by atoms with van der Waals surface area (Å²) in [4.78, 5) is 0. The molecule has 0 fully saturated rings. The van der Waals surface area contributed by atoms with Crippen LogP contribution in [0.1, 0.15) is 0 Å². The van der Waals surface area contributed by atoms with Gasteiger partial charge in [-0.1, -0.05) is 66.9 Å². The lowest BCUT2D eigenvalue weighted by Crippen LogP contribution is -2.08. The van der Waals surface area contributed by atoms with E-state index in [2.05, 4.69) is 68.7 Å². The zero-order chi connectivity index (χ0) is 11.0. The van der Waals surface area contributed by atoms with Crippen LogP contribution in [0.5, 0.6) is 0 Å². The van der Waals surface area contributed by atoms with E-state index in [-0.39, 0.29) is 0 Å². The Morgan fingerprint density at radius 3 is 2.38 bits per heavy atom. The van der Waals surface area contributed by atoms with Crippen LogP contribution < -0.4 is 5.46 Å². The highest BCUT2D eigenvalue weighted by molar-refractivity contribution is 6.52. The smallest absolute Gasteiger partial charge is 0.0875 e. The lowest BCUT2D eigenvalue weighted by atomic mass is 9.73. The molecule has 0 atom stereocenters. The quantitative estimate of drug-likeness (QED) is 0.420. The largest absolute Gasteiger partial charge is 0.148 e. The molecule has 0 aliphatic carbocycles. The first-order valence-corrected chi connectivity index (χ1v) is 5.59. The molecule has 0 heterocycles. The van der Waals surface area contributed by atoms with Gasteiger partial charge >= 0.3 is 0 Å². The zero-order valence-corrected chi connectivity index (χ0v) is 9.27. The second kappa shape index (κ2) is 3.68. The van der Waals surface area contributed by atoms with Gasteiger partial charge in [-0.15, -0.1) is 0 Å². The molecule has 0 saturated heterocycles. The second-order valence-electron chi connectivity index (χ2n) is 4.06. The highest BCUT2D eigenvalue weighted by atomic mass is 14.0. The van der Waals surface area contributed by atoms with Gasteiger partial charge in [-0.05, 0) is 21.5 Å². The van der Waals surface area contributed by atoms with Crippen LogP contribution >= 0.6 is 0 Å². The Balaban J connectivity index is 2.43. The Bertz CT molecular complexity index is 656. The average Bonchev–Trinajstić information content (AvgIpc) is 2.38. The molecule has 3 aromatic rings. The summed E-state index contributed by atoms with van der Waals surface area (Å²) in [5.41, 5.74) is 1.28. The molecule has 75 valence electrons. The minimum absolute atomic E-state index is 1.28. The van der Waals surface area contributed by atoms with Crippen molar-refractivity contribution >= 4 is 34.3 Å². The predicted octanol–water partition coefficient (Wildman–Crippen LogP) is 3.37. The third-order valence-corrected chi connectivity index (χ3v) is 3.10. The van der Waals surface area contributed by atoms with Crippen molar-refractivity contribution < 1.29 is 0 Å². The highest BCUT2D eigenvalue weighted by Crippen LogP contribution is 2.24. The topological polar surface area (TPSA) is 0 Å². The molecule has 0 aromatic heterocycles. The van der Waals surface area contributed by atoms with Crippen molar-refractivity contribution in [2.75, 3.05) is 0 Å². The number of fused-ring (bicyclic) bond motifs is 3. The van der Waals surface area contributed by atoms with E-state index in [1.54, 1.807) is 0 Å². The number of benzene rings is 3. The van der Waals surface area contributed by atoms with Crippen LogP contribution in [-0.4, -0.2) is 7.28 Å². The Morgan fingerprint density at radius 2 is 1.50 bits per heavy atom. The molecular formula is C15H12B. The first-order chi connectivity index (χ1) is 7.88. The summed E-state index contributed by atoms with van der Waals surface area (Å²) in [6, 6.07) is 19.6. The predicted molar refractivity (Wildman–Crippen MR) is 72.7 cm³/mol. The van der Waals surface area contributed by atoms with Gasteiger partial charge in [-0.2, -0.15) is 0 Å². The van der Waals surface area contributed by atoms with Gasteiger partial charge in [0.25, 0.3) is 0 Å². The molecule has 0 spiro atoms. The van der Waals surface area contributed by atoms with Gasteiger partial charge in [0.2, 0.25) is 0 Å². The van der Waals surface area contributed by atoms with Gasteiger partial charge in [0.05, 0.1) is 0 Å². The van der Waals surface area contributed by atoms with Gasteiger partial charge in [0.15, 0.2) is 0 Å². The molecule has 0 saturated carbocycles. The Hall–Kier alpha value is -1.76. The van der Waals surface area contributed by atoms with Gasteiger partial charge in [0.1, 0.15) is 7.28 Å². The number of hydrogen-bond acceptors (Lipinski definition) is 0. The molecule has 0 unspecified atom stereocenters. The van der Waals surface area contributed by atoms with Crippen LogP contribution in [0.25, 0.3) is 21.5 Å². The van der Waals surface area contributed by atoms with E-state index >= 15 is 0 Å². The highest BCUT2D eigenvalue weighted by Gasteiger charge is 2.00. The molecule has 0 bridgehead atoms. The van der Waals surface area contributed by atoms with Crippen LogP contribution in [0.2, 0.25) is 6.82 Å². The molecule has 0 amide bonds. The van der Waals surface area contributed by atoms with E-state index in [0.29, 0.717) is 0 Å². The maximum Gasteiger partial charge on any atom is 0.148 e. The Morgan fingerprint density at radius 1 is 0.750 bits per heavy atom. The van der Waals surface area contributed by atoms with Gasteiger partial charge in [-0.25, -0.2) is 0 Å². The maximum atomic E-state index is 2.24. The number of rotatable bonds is 1. The van der Waals surface area contributed by atoms with Crippen LogP contribution in [-0.2, 0) is 0 Å². The zero-order valence-electron chi connectivity index (χ0n) is 9.27. The van der Waals surface area contributed by atoms with Gasteiger partial charge in [0, 0.05) is 0 Å². The normalized spacial score (nSPS) is 10.8. The van der Waals surface area contributed by atoms with Crippen LogP contribution in [0.3, 0.4) is 0 Å². The summed E-state index contributed by atoms with van der Waals surface area (Å²) < 4.78 is 0. The molecule has 16 heavy (non-hydrogen) atoms. The standard InChI is InChI=1S/C15H12B/c1-16-13-8-9-15-12(10-13)7-6-11-4-2-3-5-14(11)15/h2-10H,1H3. The molecule has 3 aromatic carbocycles. The van der Waals surface area contributed by atoms with E-state index in [4.69, 9.17) is 0 Å². The average molecular weight is 203 g/mol. The monoisotopic (exact) mass is 203 g/mol. The maximum absolute atomic E-state index is 2.24. The van der Waals surface area contributed by atoms with Crippen LogP contribution in [0.4, 0.5) is 0 Å². The van der Waals surface area contributed by atoms with E-state index < -0.39 is 0 Å². The van der Waals surface area contributed by atoms with Crippen LogP contribution in [0, 0.1) is 0 Å². The van der Waals surface area contributed by atoms with Crippen LogP contribution in [0.15, 0.2) is 54.6 Å². The summed E-state index contributed by atoms with van der Waals surface area (Å²) in [5.74, 6) is 0. The van der Waals surface area contributed by atoms with Crippen molar-refractivity contribution in [3.05, 3.63) is 54.6 Å². The molecule has 1 radical (unpaired) electrons. The van der Waals surface area contributed by atoms with Crippen molar-refractivity contribution in [3.8, 4) is 0 Å². The molecule has 0 N–H and O–H groups in total. The summed E-state index contributed by atoms with van der Waals surface area (Å²) >= 11 is 0. The van der Waals surface area contributed by atoms with Crippen molar-refractivity contribution in [2.24, 2.45) is 0 Å². The summed E-state index contributed by atoms with van der Waals surface area (Å²) in [7, 11) is 2.13. The van der Waals surface area contributed by atoms with Crippen molar-refractivity contribution in [2.45, 2.75) is 6.82 Å². The Labute approximate surface area is 96.1 Å². The van der Waals surface area contributed by atoms with E-state index in [1.165, 1.54) is 27.0 Å². The van der Waals surface area contributed by atoms with Gasteiger partial charge < -0.3 is 0 Å². The summed E-state index contributed by atoms with van der Waals surface area (Å²) in [5, 5.41) is 5.30.